The average Bonchev–Trinajstić information content (AvgIpc) is 3.40. The molecule has 6 nitrogen and oxygen atoms in total. The van der Waals surface area contributed by atoms with E-state index in [9.17, 15) is 19.8 Å². The molecule has 74 heavy (non-hydrogen) atoms. The van der Waals surface area contributed by atoms with Gasteiger partial charge in [0, 0.05) is 12.8 Å². The summed E-state index contributed by atoms with van der Waals surface area (Å²) in [7, 11) is 0. The lowest BCUT2D eigenvalue weighted by Crippen LogP contribution is -2.45. The molecular weight excluding hydrogens is 911 g/mol. The van der Waals surface area contributed by atoms with E-state index < -0.39 is 12.1 Å². The van der Waals surface area contributed by atoms with Crippen molar-refractivity contribution in [1.29, 1.82) is 0 Å². The number of carbonyl (C=O) groups is 2. The Morgan fingerprint density at radius 1 is 0.378 bits per heavy atom. The summed E-state index contributed by atoms with van der Waals surface area (Å²) in [6.07, 6.45) is 81.7. The standard InChI is InChI=1S/C68H127NO5/c1-3-5-7-9-11-13-15-17-18-34-38-42-46-50-54-58-62-68(73)74-63-59-55-51-47-43-39-35-32-30-28-26-24-22-20-19-21-23-25-27-29-31-33-37-41-45-49-53-57-61-67(72)69-65(64-70)66(71)60-56-52-48-44-40-36-16-14-12-10-8-6-4-2/h13,15,18-20,34,56,60,65-66,70-71H,3-12,14,16-17,21-33,35-55,57-59,61-64H2,1-2H3,(H,69,72)/b15-13-,20-19-,34-18-,60-56+. The fourth-order valence-corrected chi connectivity index (χ4v) is 10.0. The number of allylic oxidation sites excluding steroid dienone is 7. The monoisotopic (exact) mass is 1040 g/mol. The maximum absolute atomic E-state index is 12.5. The summed E-state index contributed by atoms with van der Waals surface area (Å²) in [5.74, 6) is -0.0659. The molecule has 0 rings (SSSR count). The maximum Gasteiger partial charge on any atom is 0.305 e. The highest BCUT2D eigenvalue weighted by molar-refractivity contribution is 5.76. The molecule has 0 aromatic heterocycles. The number of hydrogen-bond acceptors (Lipinski definition) is 5. The minimum Gasteiger partial charge on any atom is -0.466 e. The molecule has 0 fully saturated rings. The van der Waals surface area contributed by atoms with Crippen molar-refractivity contribution in [3.05, 3.63) is 48.6 Å². The predicted molar refractivity (Wildman–Crippen MR) is 324 cm³/mol. The third-order valence-corrected chi connectivity index (χ3v) is 15.1. The number of aliphatic hydroxyl groups excluding tert-OH is 2. The molecule has 0 bridgehead atoms. The molecule has 2 atom stereocenters. The van der Waals surface area contributed by atoms with Gasteiger partial charge in [0.15, 0.2) is 0 Å². The van der Waals surface area contributed by atoms with Crippen molar-refractivity contribution in [1.82, 2.24) is 5.32 Å². The molecule has 0 aliphatic rings. The van der Waals surface area contributed by atoms with Crippen LogP contribution in [-0.2, 0) is 14.3 Å². The van der Waals surface area contributed by atoms with E-state index in [0.717, 1.165) is 51.4 Å². The Bertz CT molecular complexity index is 1240. The fourth-order valence-electron chi connectivity index (χ4n) is 10.0. The highest BCUT2D eigenvalue weighted by Gasteiger charge is 2.18. The van der Waals surface area contributed by atoms with Crippen LogP contribution < -0.4 is 5.32 Å². The van der Waals surface area contributed by atoms with E-state index >= 15 is 0 Å². The minimum atomic E-state index is -0.844. The van der Waals surface area contributed by atoms with E-state index in [0.29, 0.717) is 19.4 Å². The minimum absolute atomic E-state index is 0.00180. The lowest BCUT2D eigenvalue weighted by atomic mass is 10.0. The van der Waals surface area contributed by atoms with Crippen molar-refractivity contribution in [2.45, 2.75) is 360 Å². The number of unbranched alkanes of at least 4 members (excludes halogenated alkanes) is 44. The smallest absolute Gasteiger partial charge is 0.305 e. The summed E-state index contributed by atoms with van der Waals surface area (Å²) < 4.78 is 5.49. The zero-order chi connectivity index (χ0) is 53.6. The number of esters is 1. The van der Waals surface area contributed by atoms with Gasteiger partial charge in [-0.05, 0) is 89.9 Å². The van der Waals surface area contributed by atoms with Gasteiger partial charge in [0.1, 0.15) is 0 Å². The number of ether oxygens (including phenoxy) is 1. The Kier molecular flexibility index (Phi) is 61.5. The molecule has 0 saturated carbocycles. The number of carbonyl (C=O) groups excluding carboxylic acids is 2. The first kappa shape index (κ1) is 71.8. The van der Waals surface area contributed by atoms with Crippen molar-refractivity contribution < 1.29 is 24.5 Å². The Hall–Kier alpha value is -2.18. The molecular formula is C68H127NO5. The van der Waals surface area contributed by atoms with Gasteiger partial charge < -0.3 is 20.3 Å². The van der Waals surface area contributed by atoms with Crippen LogP contribution >= 0.6 is 0 Å². The Balaban J connectivity index is 3.39. The van der Waals surface area contributed by atoms with Gasteiger partial charge in [0.05, 0.1) is 25.4 Å². The maximum atomic E-state index is 12.5. The highest BCUT2D eigenvalue weighted by Crippen LogP contribution is 2.17. The summed E-state index contributed by atoms with van der Waals surface area (Å²) in [5.41, 5.74) is 0. The van der Waals surface area contributed by atoms with Crippen molar-refractivity contribution in [3.63, 3.8) is 0 Å². The van der Waals surface area contributed by atoms with E-state index in [-0.39, 0.29) is 18.5 Å². The van der Waals surface area contributed by atoms with Gasteiger partial charge in [-0.25, -0.2) is 0 Å². The van der Waals surface area contributed by atoms with E-state index in [1.807, 2.05) is 6.08 Å². The SMILES string of the molecule is CCCCCC/C=C\C/C=C\CCCCCCCC(=O)OCCCCCCCCCCCCCC/C=C\CCCCCCCCCCCCCCC(=O)NC(CO)C(O)/C=C/CCCCCCCCCCCCC. The van der Waals surface area contributed by atoms with Crippen LogP contribution in [0.3, 0.4) is 0 Å². The Morgan fingerprint density at radius 3 is 1.05 bits per heavy atom. The molecule has 434 valence electrons. The van der Waals surface area contributed by atoms with Gasteiger partial charge in [-0.2, -0.15) is 0 Å². The third-order valence-electron chi connectivity index (χ3n) is 15.1. The zero-order valence-electron chi connectivity index (χ0n) is 49.6. The molecule has 3 N–H and O–H groups in total. The van der Waals surface area contributed by atoms with E-state index in [2.05, 4.69) is 55.6 Å². The Labute approximate surface area is 461 Å². The van der Waals surface area contributed by atoms with Crippen molar-refractivity contribution in [2.24, 2.45) is 0 Å². The van der Waals surface area contributed by atoms with E-state index in [1.165, 1.54) is 270 Å². The van der Waals surface area contributed by atoms with Gasteiger partial charge in [-0.1, -0.05) is 294 Å². The topological polar surface area (TPSA) is 95.9 Å². The van der Waals surface area contributed by atoms with E-state index in [1.54, 1.807) is 6.08 Å². The predicted octanol–water partition coefficient (Wildman–Crippen LogP) is 20.9. The second-order valence-electron chi connectivity index (χ2n) is 22.4. The van der Waals surface area contributed by atoms with Gasteiger partial charge >= 0.3 is 5.97 Å². The molecule has 0 aliphatic carbocycles. The number of aliphatic hydroxyl groups is 2. The molecule has 0 heterocycles. The van der Waals surface area contributed by atoms with Crippen molar-refractivity contribution >= 4 is 11.9 Å². The van der Waals surface area contributed by atoms with Crippen LogP contribution in [0.25, 0.3) is 0 Å². The second-order valence-corrected chi connectivity index (χ2v) is 22.4. The molecule has 6 heteroatoms. The summed E-state index contributed by atoms with van der Waals surface area (Å²) >= 11 is 0. The first-order valence-corrected chi connectivity index (χ1v) is 32.9. The molecule has 0 saturated heterocycles. The molecule has 0 aromatic carbocycles. The average molecular weight is 1040 g/mol. The quantitative estimate of drug-likeness (QED) is 0.0320. The number of rotatable bonds is 61. The molecule has 0 aromatic rings. The number of hydrogen-bond donors (Lipinski definition) is 3. The highest BCUT2D eigenvalue weighted by atomic mass is 16.5. The summed E-state index contributed by atoms with van der Waals surface area (Å²) in [6.45, 7) is 4.89. The molecule has 0 aliphatic heterocycles. The number of nitrogens with one attached hydrogen (secondary N) is 1. The fraction of sp³-hybridized carbons (Fsp3) is 0.853. The van der Waals surface area contributed by atoms with Gasteiger partial charge in [-0.15, -0.1) is 0 Å². The van der Waals surface area contributed by atoms with Gasteiger partial charge in [0.25, 0.3) is 0 Å². The van der Waals surface area contributed by atoms with Crippen LogP contribution in [-0.4, -0.2) is 47.4 Å². The normalized spacial score (nSPS) is 12.9. The molecule has 2 unspecified atom stereocenters. The van der Waals surface area contributed by atoms with Crippen LogP contribution in [0.4, 0.5) is 0 Å². The molecule has 1 amide bonds. The summed E-state index contributed by atoms with van der Waals surface area (Å²) in [6, 6.07) is -0.628. The van der Waals surface area contributed by atoms with Crippen LogP contribution in [0.2, 0.25) is 0 Å². The lowest BCUT2D eigenvalue weighted by Gasteiger charge is -2.20. The second kappa shape index (κ2) is 63.4. The zero-order valence-corrected chi connectivity index (χ0v) is 49.6. The molecule has 0 spiro atoms. The van der Waals surface area contributed by atoms with Crippen molar-refractivity contribution in [3.8, 4) is 0 Å². The first-order chi connectivity index (χ1) is 36.5. The van der Waals surface area contributed by atoms with Crippen LogP contribution in [0.1, 0.15) is 348 Å². The van der Waals surface area contributed by atoms with Crippen molar-refractivity contribution in [2.75, 3.05) is 13.2 Å². The van der Waals surface area contributed by atoms with E-state index in [4.69, 9.17) is 4.74 Å². The summed E-state index contributed by atoms with van der Waals surface area (Å²) in [5, 5.41) is 23.1. The first-order valence-electron chi connectivity index (χ1n) is 32.9. The van der Waals surface area contributed by atoms with Gasteiger partial charge in [0.2, 0.25) is 5.91 Å². The lowest BCUT2D eigenvalue weighted by molar-refractivity contribution is -0.143. The Morgan fingerprint density at radius 2 is 0.676 bits per heavy atom. The number of amides is 1. The summed E-state index contributed by atoms with van der Waals surface area (Å²) in [4.78, 5) is 24.5. The van der Waals surface area contributed by atoms with Crippen LogP contribution in [0.15, 0.2) is 48.6 Å². The largest absolute Gasteiger partial charge is 0.466 e. The molecule has 0 radical (unpaired) electrons. The van der Waals surface area contributed by atoms with Crippen LogP contribution in [0.5, 0.6) is 0 Å². The van der Waals surface area contributed by atoms with Crippen LogP contribution in [0, 0.1) is 0 Å². The third kappa shape index (κ3) is 59.1. The van der Waals surface area contributed by atoms with Gasteiger partial charge in [-0.3, -0.25) is 9.59 Å².